The van der Waals surface area contributed by atoms with Gasteiger partial charge in [0.2, 0.25) is 5.78 Å². The van der Waals surface area contributed by atoms with Gasteiger partial charge in [0.1, 0.15) is 4.92 Å². The second-order valence-electron chi connectivity index (χ2n) is 2.96. The Balaban J connectivity index is 2.33. The Morgan fingerprint density at radius 3 is 2.71 bits per heavy atom. The molecule has 0 saturated heterocycles. The van der Waals surface area contributed by atoms with E-state index in [0.717, 1.165) is 17.4 Å². The van der Waals surface area contributed by atoms with E-state index in [-0.39, 0.29) is 5.76 Å². The van der Waals surface area contributed by atoms with Crippen molar-refractivity contribution in [1.82, 2.24) is 0 Å². The van der Waals surface area contributed by atoms with E-state index in [1.54, 1.807) is 0 Å². The monoisotopic (exact) mass is 335 g/mol. The summed E-state index contributed by atoms with van der Waals surface area (Å²) in [5, 5.41) is 10.8. The fourth-order valence-corrected chi connectivity index (χ4v) is 2.77. The standard InChI is InChI=1S/C9H3BrClNO4S/c10-9-4(11)3-6(17-9)8(13)5-1-2-7(16-5)12(14)15/h1-3H. The zero-order valence-electron chi connectivity index (χ0n) is 7.98. The molecule has 0 radical (unpaired) electrons. The molecule has 0 aliphatic rings. The fraction of sp³-hybridized carbons (Fsp3) is 0. The number of carbonyl (C=O) groups is 1. The van der Waals surface area contributed by atoms with E-state index < -0.39 is 16.6 Å². The molecule has 0 fully saturated rings. The first kappa shape index (κ1) is 12.3. The van der Waals surface area contributed by atoms with E-state index in [0.29, 0.717) is 13.7 Å². The third-order valence-electron chi connectivity index (χ3n) is 1.86. The highest BCUT2D eigenvalue weighted by Gasteiger charge is 2.21. The van der Waals surface area contributed by atoms with Crippen LogP contribution in [0.2, 0.25) is 5.02 Å². The number of hydrogen-bond donors (Lipinski definition) is 0. The lowest BCUT2D eigenvalue weighted by molar-refractivity contribution is -0.402. The summed E-state index contributed by atoms with van der Waals surface area (Å²) < 4.78 is 5.44. The highest BCUT2D eigenvalue weighted by atomic mass is 79.9. The van der Waals surface area contributed by atoms with Gasteiger partial charge in [-0.05, 0) is 28.1 Å². The van der Waals surface area contributed by atoms with Gasteiger partial charge in [-0.1, -0.05) is 11.6 Å². The first-order chi connectivity index (χ1) is 7.99. The Kier molecular flexibility index (Phi) is 3.32. The van der Waals surface area contributed by atoms with Gasteiger partial charge in [-0.3, -0.25) is 14.9 Å². The van der Waals surface area contributed by atoms with Crippen molar-refractivity contribution in [2.75, 3.05) is 0 Å². The van der Waals surface area contributed by atoms with Crippen molar-refractivity contribution in [2.45, 2.75) is 0 Å². The Labute approximate surface area is 112 Å². The summed E-state index contributed by atoms with van der Waals surface area (Å²) in [6.45, 7) is 0. The van der Waals surface area contributed by atoms with Gasteiger partial charge in [0.05, 0.1) is 19.8 Å². The van der Waals surface area contributed by atoms with Crippen LogP contribution >= 0.6 is 38.9 Å². The van der Waals surface area contributed by atoms with Crippen LogP contribution in [-0.4, -0.2) is 10.7 Å². The number of ketones is 1. The van der Waals surface area contributed by atoms with Crippen molar-refractivity contribution in [1.29, 1.82) is 0 Å². The van der Waals surface area contributed by atoms with E-state index in [2.05, 4.69) is 15.9 Å². The molecule has 0 amide bonds. The van der Waals surface area contributed by atoms with Gasteiger partial charge in [-0.15, -0.1) is 11.3 Å². The van der Waals surface area contributed by atoms with Crippen LogP contribution in [0.3, 0.4) is 0 Å². The van der Waals surface area contributed by atoms with Gasteiger partial charge in [-0.25, -0.2) is 0 Å². The minimum Gasteiger partial charge on any atom is -0.397 e. The quantitative estimate of drug-likeness (QED) is 0.484. The van der Waals surface area contributed by atoms with Crippen LogP contribution in [0.15, 0.2) is 26.4 Å². The molecular formula is C9H3BrClNO4S. The van der Waals surface area contributed by atoms with Crippen molar-refractivity contribution in [3.63, 3.8) is 0 Å². The van der Waals surface area contributed by atoms with Crippen LogP contribution in [0.25, 0.3) is 0 Å². The molecule has 0 spiro atoms. The van der Waals surface area contributed by atoms with Crippen molar-refractivity contribution < 1.29 is 14.1 Å². The SMILES string of the molecule is O=C(c1ccc([N+](=O)[O-])o1)c1cc(Cl)c(Br)s1. The molecule has 0 aliphatic heterocycles. The minimum absolute atomic E-state index is 0.0814. The van der Waals surface area contributed by atoms with Crippen molar-refractivity contribution in [2.24, 2.45) is 0 Å². The van der Waals surface area contributed by atoms with E-state index in [4.69, 9.17) is 16.0 Å². The van der Waals surface area contributed by atoms with Gasteiger partial charge in [0.25, 0.3) is 0 Å². The molecule has 2 rings (SSSR count). The predicted octanol–water partition coefficient (Wildman–Crippen LogP) is 3.90. The Morgan fingerprint density at radius 1 is 1.53 bits per heavy atom. The molecule has 0 atom stereocenters. The van der Waals surface area contributed by atoms with E-state index in [1.807, 2.05) is 0 Å². The predicted molar refractivity (Wildman–Crippen MR) is 65.8 cm³/mol. The lowest BCUT2D eigenvalue weighted by atomic mass is 10.2. The smallest absolute Gasteiger partial charge is 0.397 e. The average Bonchev–Trinajstić information content (AvgIpc) is 2.86. The molecule has 0 aliphatic carbocycles. The normalized spacial score (nSPS) is 10.5. The second kappa shape index (κ2) is 4.59. The number of halogens is 2. The Bertz CT molecular complexity index is 586. The molecule has 2 aromatic heterocycles. The minimum atomic E-state index is -0.700. The van der Waals surface area contributed by atoms with Gasteiger partial charge in [-0.2, -0.15) is 0 Å². The maximum absolute atomic E-state index is 11.9. The number of thiophene rings is 1. The van der Waals surface area contributed by atoms with Gasteiger partial charge < -0.3 is 4.42 Å². The summed E-state index contributed by atoms with van der Waals surface area (Å²) in [5.41, 5.74) is 0. The van der Waals surface area contributed by atoms with Crippen LogP contribution in [0, 0.1) is 10.1 Å². The zero-order valence-corrected chi connectivity index (χ0v) is 11.1. The molecule has 5 nitrogen and oxygen atoms in total. The largest absolute Gasteiger partial charge is 0.433 e. The summed E-state index contributed by atoms with van der Waals surface area (Å²) in [6.07, 6.45) is 0. The highest BCUT2D eigenvalue weighted by Crippen LogP contribution is 2.33. The zero-order chi connectivity index (χ0) is 12.6. The number of furan rings is 1. The molecule has 2 aromatic rings. The molecule has 0 bridgehead atoms. The Morgan fingerprint density at radius 2 is 2.24 bits per heavy atom. The third kappa shape index (κ3) is 2.41. The maximum Gasteiger partial charge on any atom is 0.433 e. The molecule has 0 saturated carbocycles. The van der Waals surface area contributed by atoms with E-state index >= 15 is 0 Å². The molecular weight excluding hydrogens is 334 g/mol. The van der Waals surface area contributed by atoms with Gasteiger partial charge >= 0.3 is 5.88 Å². The van der Waals surface area contributed by atoms with Crippen LogP contribution in [0.4, 0.5) is 5.88 Å². The topological polar surface area (TPSA) is 73.3 Å². The number of rotatable bonds is 3. The molecule has 0 N–H and O–H groups in total. The molecule has 0 unspecified atom stereocenters. The first-order valence-corrected chi connectivity index (χ1v) is 6.21. The summed E-state index contributed by atoms with van der Waals surface area (Å²) in [4.78, 5) is 21.9. The molecule has 2 heterocycles. The molecule has 17 heavy (non-hydrogen) atoms. The average molecular weight is 337 g/mol. The van der Waals surface area contributed by atoms with E-state index in [1.165, 1.54) is 12.1 Å². The van der Waals surface area contributed by atoms with Crippen LogP contribution in [-0.2, 0) is 0 Å². The second-order valence-corrected chi connectivity index (χ2v) is 5.73. The maximum atomic E-state index is 11.9. The lowest BCUT2D eigenvalue weighted by Gasteiger charge is -1.90. The third-order valence-corrected chi connectivity index (χ3v) is 4.34. The summed E-state index contributed by atoms with van der Waals surface area (Å²) >= 11 is 10.1. The Hall–Kier alpha value is -1.18. The van der Waals surface area contributed by atoms with Crippen LogP contribution in [0.1, 0.15) is 15.4 Å². The van der Waals surface area contributed by atoms with Gasteiger partial charge in [0.15, 0.2) is 5.76 Å². The summed E-state index contributed by atoms with van der Waals surface area (Å²) in [6, 6.07) is 3.88. The first-order valence-electron chi connectivity index (χ1n) is 4.23. The summed E-state index contributed by atoms with van der Waals surface area (Å²) in [5.74, 6) is -0.979. The number of carbonyl (C=O) groups excluding carboxylic acids is 1. The molecule has 0 aromatic carbocycles. The molecule has 88 valence electrons. The van der Waals surface area contributed by atoms with Crippen LogP contribution in [0.5, 0.6) is 0 Å². The highest BCUT2D eigenvalue weighted by molar-refractivity contribution is 9.11. The molecule has 8 heteroatoms. The van der Waals surface area contributed by atoms with Crippen molar-refractivity contribution in [3.8, 4) is 0 Å². The van der Waals surface area contributed by atoms with E-state index in [9.17, 15) is 14.9 Å². The number of nitrogens with zero attached hydrogens (tertiary/aromatic N) is 1. The number of nitro groups is 1. The number of hydrogen-bond acceptors (Lipinski definition) is 5. The van der Waals surface area contributed by atoms with Crippen LogP contribution < -0.4 is 0 Å². The summed E-state index contributed by atoms with van der Waals surface area (Å²) in [7, 11) is 0. The van der Waals surface area contributed by atoms with Crippen molar-refractivity contribution in [3.05, 3.63) is 47.8 Å². The fourth-order valence-electron chi connectivity index (χ4n) is 1.13. The van der Waals surface area contributed by atoms with Gasteiger partial charge in [0, 0.05) is 0 Å². The van der Waals surface area contributed by atoms with Crippen molar-refractivity contribution >= 4 is 50.5 Å². The lowest BCUT2D eigenvalue weighted by Crippen LogP contribution is -1.95.